The molecule has 13 nitrogen and oxygen atoms in total. The van der Waals surface area contributed by atoms with E-state index in [0.29, 0.717) is 23.3 Å². The summed E-state index contributed by atoms with van der Waals surface area (Å²) < 4.78 is 26.1. The lowest BCUT2D eigenvalue weighted by molar-refractivity contribution is 0.0591. The van der Waals surface area contributed by atoms with E-state index in [1.54, 1.807) is 24.4 Å². The first kappa shape index (κ1) is 40.2. The van der Waals surface area contributed by atoms with Gasteiger partial charge >= 0.3 is 23.9 Å². The van der Waals surface area contributed by atoms with Crippen LogP contribution in [0.15, 0.2) is 146 Å². The van der Waals surface area contributed by atoms with Crippen molar-refractivity contribution in [3.05, 3.63) is 179 Å². The fourth-order valence-electron chi connectivity index (χ4n) is 4.43. The molecule has 4 aromatic carbocycles. The fourth-order valence-corrected chi connectivity index (χ4v) is 4.43. The Balaban J connectivity index is 0.000000207. The highest BCUT2D eigenvalue weighted by molar-refractivity contribution is 5.92. The van der Waals surface area contributed by atoms with Gasteiger partial charge in [-0.1, -0.05) is 60.7 Å². The van der Waals surface area contributed by atoms with Gasteiger partial charge in [0.1, 0.15) is 13.2 Å². The highest BCUT2D eigenvalue weighted by Gasteiger charge is 2.16. The number of aromatic hydroxyl groups is 1. The van der Waals surface area contributed by atoms with Crippen LogP contribution in [0, 0.1) is 0 Å². The van der Waals surface area contributed by atoms with Gasteiger partial charge in [-0.15, -0.1) is 0 Å². The van der Waals surface area contributed by atoms with E-state index in [0.717, 1.165) is 11.1 Å². The highest BCUT2D eigenvalue weighted by Crippen LogP contribution is 2.31. The number of pyridine rings is 2. The number of rotatable bonds is 11. The molecule has 0 saturated heterocycles. The van der Waals surface area contributed by atoms with Gasteiger partial charge < -0.3 is 33.9 Å². The lowest BCUT2D eigenvalue weighted by Gasteiger charge is -2.13. The van der Waals surface area contributed by atoms with E-state index in [1.807, 2.05) is 60.7 Å². The van der Waals surface area contributed by atoms with Crippen LogP contribution in [0.25, 0.3) is 0 Å². The minimum atomic E-state index is -0.942. The average Bonchev–Trinajstić information content (AvgIpc) is 3.24. The molecular formula is C42H36N2O11. The molecule has 6 rings (SSSR count). The second-order valence-electron chi connectivity index (χ2n) is 11.1. The molecule has 0 aliphatic rings. The Morgan fingerprint density at radius 1 is 0.527 bits per heavy atom. The van der Waals surface area contributed by atoms with E-state index < -0.39 is 23.9 Å². The Morgan fingerprint density at radius 2 is 1.02 bits per heavy atom. The molecule has 2 N–H and O–H groups in total. The minimum absolute atomic E-state index is 0.0106. The van der Waals surface area contributed by atoms with Gasteiger partial charge in [-0.05, 0) is 71.8 Å². The first-order valence-electron chi connectivity index (χ1n) is 16.4. The number of aromatic carboxylic acids is 1. The number of phenolic OH excluding ortho intramolecular Hbond substituents is 1. The number of carbonyl (C=O) groups is 4. The zero-order valence-corrected chi connectivity index (χ0v) is 29.7. The van der Waals surface area contributed by atoms with E-state index in [2.05, 4.69) is 14.7 Å². The third kappa shape index (κ3) is 12.9. The third-order valence-corrected chi connectivity index (χ3v) is 7.23. The van der Waals surface area contributed by atoms with Crippen LogP contribution in [0.4, 0.5) is 0 Å². The molecule has 280 valence electrons. The Hall–Kier alpha value is -7.54. The van der Waals surface area contributed by atoms with Crippen molar-refractivity contribution in [3.63, 3.8) is 0 Å². The second kappa shape index (κ2) is 21.1. The molecule has 0 fully saturated rings. The number of ether oxygens (including phenoxy) is 5. The fraction of sp³-hybridized carbons (Fsp3) is 0.0952. The Morgan fingerprint density at radius 3 is 1.49 bits per heavy atom. The molecule has 0 atom stereocenters. The van der Waals surface area contributed by atoms with E-state index in [9.17, 15) is 24.3 Å². The van der Waals surface area contributed by atoms with Crippen molar-refractivity contribution in [3.8, 4) is 23.0 Å². The number of hydrogen-bond acceptors (Lipinski definition) is 12. The molecule has 0 aliphatic heterocycles. The molecule has 2 aromatic heterocycles. The summed E-state index contributed by atoms with van der Waals surface area (Å²) in [5, 5.41) is 18.0. The van der Waals surface area contributed by atoms with Crippen LogP contribution < -0.4 is 14.2 Å². The van der Waals surface area contributed by atoms with Crippen LogP contribution in [0.1, 0.15) is 52.6 Å². The highest BCUT2D eigenvalue weighted by atomic mass is 16.6. The second-order valence-corrected chi connectivity index (χ2v) is 11.1. The van der Waals surface area contributed by atoms with Gasteiger partial charge in [0.05, 0.1) is 36.5 Å². The summed E-state index contributed by atoms with van der Waals surface area (Å²) in [7, 11) is 2.60. The smallest absolute Gasteiger partial charge is 0.345 e. The SMILES string of the molecule is COC(=O)c1ccc(O)c(OCc2ccccc2)c1.COC(=O)c1ccc(OC(=O)c2cccnc2)c(OCc2ccccc2)c1.O=C(O)c1cccnc1. The van der Waals surface area contributed by atoms with Gasteiger partial charge in [0, 0.05) is 24.8 Å². The first-order valence-corrected chi connectivity index (χ1v) is 16.4. The van der Waals surface area contributed by atoms with Crippen LogP contribution in [-0.2, 0) is 22.7 Å². The van der Waals surface area contributed by atoms with Crippen molar-refractivity contribution in [1.29, 1.82) is 0 Å². The standard InChI is InChI=1S/C21H17NO5.C15H14O4.C6H5NO2/c1-25-20(23)16-9-10-18(27-21(24)17-8-5-11-22-13-17)19(12-16)26-14-15-6-3-2-4-7-15;1-18-15(17)12-7-8-13(16)14(9-12)19-10-11-5-3-2-4-6-11;8-6(9)5-2-1-3-7-4-5/h2-13H,14H2,1H3;2-9,16H,10H2,1H3;1-4H,(H,8,9). The largest absolute Gasteiger partial charge is 0.504 e. The Labute approximate surface area is 316 Å². The quantitative estimate of drug-likeness (QED) is 0.100. The van der Waals surface area contributed by atoms with Gasteiger partial charge in [-0.3, -0.25) is 9.97 Å². The van der Waals surface area contributed by atoms with Crippen LogP contribution in [0.2, 0.25) is 0 Å². The van der Waals surface area contributed by atoms with Crippen molar-refractivity contribution in [2.45, 2.75) is 13.2 Å². The third-order valence-electron chi connectivity index (χ3n) is 7.23. The van der Waals surface area contributed by atoms with E-state index in [1.165, 1.54) is 75.3 Å². The molecule has 6 aromatic rings. The molecule has 13 heteroatoms. The number of esters is 3. The van der Waals surface area contributed by atoms with Crippen LogP contribution in [0.5, 0.6) is 23.0 Å². The van der Waals surface area contributed by atoms with Gasteiger partial charge in [-0.25, -0.2) is 19.2 Å². The van der Waals surface area contributed by atoms with Gasteiger partial charge in [0.2, 0.25) is 0 Å². The number of phenols is 1. The average molecular weight is 745 g/mol. The Bertz CT molecular complexity index is 2150. The summed E-state index contributed by atoms with van der Waals surface area (Å²) in [6.45, 7) is 0.571. The lowest BCUT2D eigenvalue weighted by atomic mass is 10.2. The first-order chi connectivity index (χ1) is 26.7. The molecule has 2 heterocycles. The van der Waals surface area contributed by atoms with Crippen LogP contribution >= 0.6 is 0 Å². The van der Waals surface area contributed by atoms with E-state index in [-0.39, 0.29) is 35.2 Å². The molecule has 0 radical (unpaired) electrons. The molecule has 0 amide bonds. The van der Waals surface area contributed by atoms with Crippen molar-refractivity contribution < 1.29 is 53.1 Å². The summed E-state index contributed by atoms with van der Waals surface area (Å²) in [5.41, 5.74) is 3.07. The number of methoxy groups -OCH3 is 2. The molecular weight excluding hydrogens is 708 g/mol. The van der Waals surface area contributed by atoms with Crippen molar-refractivity contribution in [2.24, 2.45) is 0 Å². The number of carboxylic acids is 1. The predicted molar refractivity (Wildman–Crippen MR) is 199 cm³/mol. The van der Waals surface area contributed by atoms with Gasteiger partial charge in [0.25, 0.3) is 0 Å². The topological polar surface area (TPSA) is 181 Å². The maximum atomic E-state index is 12.3. The van der Waals surface area contributed by atoms with Crippen molar-refractivity contribution in [1.82, 2.24) is 9.97 Å². The number of carbonyl (C=O) groups excluding carboxylic acids is 3. The minimum Gasteiger partial charge on any atom is -0.504 e. The summed E-state index contributed by atoms with van der Waals surface area (Å²) in [4.78, 5) is 53.2. The number of nitrogens with zero attached hydrogens (tertiary/aromatic N) is 2. The van der Waals surface area contributed by atoms with E-state index in [4.69, 9.17) is 24.1 Å². The number of hydrogen-bond donors (Lipinski definition) is 2. The predicted octanol–water partition coefficient (Wildman–Crippen LogP) is 7.20. The summed E-state index contributed by atoms with van der Waals surface area (Å²) >= 11 is 0. The molecule has 0 saturated carbocycles. The normalized spacial score (nSPS) is 9.85. The van der Waals surface area contributed by atoms with Crippen molar-refractivity contribution >= 4 is 23.9 Å². The molecule has 0 bridgehead atoms. The number of aromatic nitrogens is 2. The monoisotopic (exact) mass is 744 g/mol. The molecule has 0 spiro atoms. The zero-order chi connectivity index (χ0) is 39.4. The number of carboxylic acid groups (broad SMARTS) is 1. The van der Waals surface area contributed by atoms with Crippen molar-refractivity contribution in [2.75, 3.05) is 14.2 Å². The molecule has 0 aliphatic carbocycles. The Kier molecular flexibility index (Phi) is 15.4. The zero-order valence-electron chi connectivity index (χ0n) is 29.7. The van der Waals surface area contributed by atoms with Crippen LogP contribution in [-0.4, -0.2) is 58.3 Å². The maximum Gasteiger partial charge on any atom is 0.345 e. The van der Waals surface area contributed by atoms with E-state index >= 15 is 0 Å². The summed E-state index contributed by atoms with van der Waals surface area (Å²) in [6.07, 6.45) is 5.82. The lowest BCUT2D eigenvalue weighted by Crippen LogP contribution is -2.11. The summed E-state index contributed by atoms with van der Waals surface area (Å²) in [5.74, 6) is -1.78. The molecule has 55 heavy (non-hydrogen) atoms. The molecule has 0 unspecified atom stereocenters. The maximum absolute atomic E-state index is 12.3. The van der Waals surface area contributed by atoms with Gasteiger partial charge in [0.15, 0.2) is 23.0 Å². The number of benzene rings is 4. The van der Waals surface area contributed by atoms with Crippen LogP contribution in [0.3, 0.4) is 0 Å². The summed E-state index contributed by atoms with van der Waals surface area (Å²) in [6, 6.07) is 34.3. The van der Waals surface area contributed by atoms with Gasteiger partial charge in [-0.2, -0.15) is 0 Å².